The van der Waals surface area contributed by atoms with Gasteiger partial charge in [0.2, 0.25) is 0 Å². The van der Waals surface area contributed by atoms with Gasteiger partial charge in [0.05, 0.1) is 11.6 Å². The average molecular weight is 488 g/mol. The Bertz CT molecular complexity index is 1250. The van der Waals surface area contributed by atoms with Crippen LogP contribution in [0.5, 0.6) is 5.75 Å². The highest BCUT2D eigenvalue weighted by Gasteiger charge is 2.62. The Morgan fingerprint density at radius 1 is 1.24 bits per heavy atom. The average Bonchev–Trinajstić information content (AvgIpc) is 2.72. The highest BCUT2D eigenvalue weighted by molar-refractivity contribution is 6.32. The number of anilines is 1. The summed E-state index contributed by atoms with van der Waals surface area (Å²) in [6.07, 6.45) is -4.54. The Kier molecular flexibility index (Phi) is 5.65. The van der Waals surface area contributed by atoms with E-state index in [1.165, 1.54) is 6.20 Å². The second-order valence-electron chi connectivity index (χ2n) is 8.14. The molecule has 0 saturated carbocycles. The fourth-order valence-corrected chi connectivity index (χ4v) is 4.62. The van der Waals surface area contributed by atoms with E-state index < -0.39 is 52.6 Å². The number of fused-ring (bicyclic) bond motifs is 2. The standard InChI is InChI=1S/C22H19ClF5N3O2/c1-3-10-7-21(33,22(26,27)28)20(12-6-14(25)18(23)19(32)17(10)12)31-16-5-11(24)4-15-13(16)8-29-9(2)30-15/h4-6,8,10,20,31-33H,3,7H2,1-2H3/t10-,20?,21-/m1/s1. The van der Waals surface area contributed by atoms with E-state index in [1.54, 1.807) is 13.8 Å². The first kappa shape index (κ1) is 23.4. The summed E-state index contributed by atoms with van der Waals surface area (Å²) in [5.74, 6) is -3.26. The molecule has 0 fully saturated rings. The van der Waals surface area contributed by atoms with Crippen LogP contribution < -0.4 is 5.32 Å². The summed E-state index contributed by atoms with van der Waals surface area (Å²) in [7, 11) is 0. The van der Waals surface area contributed by atoms with Crippen LogP contribution in [0.1, 0.15) is 48.7 Å². The Balaban J connectivity index is 1.98. The van der Waals surface area contributed by atoms with Crippen LogP contribution in [-0.2, 0) is 0 Å². The predicted molar refractivity (Wildman–Crippen MR) is 112 cm³/mol. The van der Waals surface area contributed by atoms with Crippen LogP contribution in [0.4, 0.5) is 27.6 Å². The Hall–Kier alpha value is -2.72. The predicted octanol–water partition coefficient (Wildman–Crippen LogP) is 5.92. The third-order valence-corrected chi connectivity index (χ3v) is 6.45. The van der Waals surface area contributed by atoms with Gasteiger partial charge in [0.25, 0.3) is 0 Å². The van der Waals surface area contributed by atoms with Gasteiger partial charge in [-0.05, 0) is 43.4 Å². The highest BCUT2D eigenvalue weighted by atomic mass is 35.5. The quantitative estimate of drug-likeness (QED) is 0.400. The zero-order chi connectivity index (χ0) is 24.3. The first-order valence-corrected chi connectivity index (χ1v) is 10.4. The minimum Gasteiger partial charge on any atom is -0.506 e. The number of aliphatic hydroxyl groups is 1. The number of phenolic OH excluding ortho intramolecular Hbond substituents is 1. The van der Waals surface area contributed by atoms with Crippen molar-refractivity contribution in [3.05, 3.63) is 58.0 Å². The number of phenols is 1. The summed E-state index contributed by atoms with van der Waals surface area (Å²) in [4.78, 5) is 8.10. The van der Waals surface area contributed by atoms with Crippen molar-refractivity contribution in [1.29, 1.82) is 0 Å². The maximum atomic E-state index is 14.5. The van der Waals surface area contributed by atoms with E-state index in [9.17, 15) is 32.2 Å². The van der Waals surface area contributed by atoms with Gasteiger partial charge >= 0.3 is 6.18 Å². The molecule has 3 aromatic rings. The molecule has 0 bridgehead atoms. The molecule has 1 aliphatic carbocycles. The Morgan fingerprint density at radius 3 is 2.58 bits per heavy atom. The lowest BCUT2D eigenvalue weighted by Crippen LogP contribution is -2.55. The molecule has 1 aliphatic rings. The molecule has 0 spiro atoms. The second kappa shape index (κ2) is 7.95. The molecule has 1 heterocycles. The van der Waals surface area contributed by atoms with Crippen LogP contribution in [0.3, 0.4) is 0 Å². The molecule has 1 unspecified atom stereocenters. The number of nitrogens with one attached hydrogen (secondary N) is 1. The van der Waals surface area contributed by atoms with Gasteiger partial charge in [-0.2, -0.15) is 13.2 Å². The number of hydrogen-bond acceptors (Lipinski definition) is 5. The summed E-state index contributed by atoms with van der Waals surface area (Å²) in [5.41, 5.74) is -3.68. The van der Waals surface area contributed by atoms with Gasteiger partial charge in [-0.15, -0.1) is 0 Å². The Labute approximate surface area is 190 Å². The fourth-order valence-electron chi connectivity index (χ4n) is 4.46. The Morgan fingerprint density at radius 2 is 1.94 bits per heavy atom. The number of rotatable bonds is 3. The van der Waals surface area contributed by atoms with Crippen LogP contribution >= 0.6 is 11.6 Å². The smallest absolute Gasteiger partial charge is 0.419 e. The summed E-state index contributed by atoms with van der Waals surface area (Å²) < 4.78 is 71.5. The number of alkyl halides is 3. The largest absolute Gasteiger partial charge is 0.506 e. The number of halogens is 6. The van der Waals surface area contributed by atoms with Crippen molar-refractivity contribution in [3.8, 4) is 5.75 Å². The van der Waals surface area contributed by atoms with Crippen LogP contribution in [0.15, 0.2) is 24.4 Å². The van der Waals surface area contributed by atoms with Crippen molar-refractivity contribution in [2.45, 2.75) is 50.4 Å². The van der Waals surface area contributed by atoms with Gasteiger partial charge in [0.1, 0.15) is 28.2 Å². The number of hydrogen-bond donors (Lipinski definition) is 3. The molecular weight excluding hydrogens is 469 g/mol. The van der Waals surface area contributed by atoms with E-state index in [-0.39, 0.29) is 34.1 Å². The molecule has 11 heteroatoms. The van der Waals surface area contributed by atoms with Gasteiger partial charge in [-0.1, -0.05) is 18.5 Å². The third-order valence-electron chi connectivity index (χ3n) is 6.09. The molecule has 0 saturated heterocycles. The van der Waals surface area contributed by atoms with Gasteiger partial charge in [-0.25, -0.2) is 18.7 Å². The molecule has 33 heavy (non-hydrogen) atoms. The summed E-state index contributed by atoms with van der Waals surface area (Å²) >= 11 is 5.82. The van der Waals surface area contributed by atoms with Crippen LogP contribution in [0, 0.1) is 18.6 Å². The molecule has 1 aromatic heterocycles. The first-order valence-electron chi connectivity index (χ1n) is 10.1. The molecule has 0 aliphatic heterocycles. The molecule has 176 valence electrons. The van der Waals surface area contributed by atoms with Crippen molar-refractivity contribution < 1.29 is 32.2 Å². The van der Waals surface area contributed by atoms with Gasteiger partial charge < -0.3 is 15.5 Å². The van der Waals surface area contributed by atoms with Crippen molar-refractivity contribution in [1.82, 2.24) is 9.97 Å². The summed E-state index contributed by atoms with van der Waals surface area (Å²) in [6.45, 7) is 3.15. The monoisotopic (exact) mass is 487 g/mol. The van der Waals surface area contributed by atoms with E-state index in [1.807, 2.05) is 0 Å². The van der Waals surface area contributed by atoms with Crippen LogP contribution in [-0.4, -0.2) is 32.0 Å². The van der Waals surface area contributed by atoms with E-state index in [2.05, 4.69) is 15.3 Å². The lowest BCUT2D eigenvalue weighted by Gasteiger charge is -2.46. The molecule has 3 N–H and O–H groups in total. The second-order valence-corrected chi connectivity index (χ2v) is 8.51. The SMILES string of the molecule is CC[C@@H]1C[C@](O)(C(F)(F)F)C(Nc2cc(F)cc3nc(C)ncc23)c2cc(F)c(Cl)c(O)c21. The van der Waals surface area contributed by atoms with Crippen molar-refractivity contribution in [2.24, 2.45) is 0 Å². The van der Waals surface area contributed by atoms with Crippen molar-refractivity contribution in [3.63, 3.8) is 0 Å². The van der Waals surface area contributed by atoms with E-state index in [0.29, 0.717) is 5.82 Å². The molecule has 3 atom stereocenters. The number of aryl methyl sites for hydroxylation is 1. The minimum absolute atomic E-state index is 0.00290. The topological polar surface area (TPSA) is 78.3 Å². The highest BCUT2D eigenvalue weighted by Crippen LogP contribution is 2.56. The van der Waals surface area contributed by atoms with Crippen LogP contribution in [0.2, 0.25) is 5.02 Å². The molecule has 2 aromatic carbocycles. The van der Waals surface area contributed by atoms with Gasteiger partial charge in [0.15, 0.2) is 5.60 Å². The molecule has 5 nitrogen and oxygen atoms in total. The zero-order valence-electron chi connectivity index (χ0n) is 17.4. The van der Waals surface area contributed by atoms with Crippen molar-refractivity contribution in [2.75, 3.05) is 5.32 Å². The zero-order valence-corrected chi connectivity index (χ0v) is 18.2. The van der Waals surface area contributed by atoms with Gasteiger partial charge in [0, 0.05) is 28.9 Å². The summed E-state index contributed by atoms with van der Waals surface area (Å²) in [6, 6.07) is 0.808. The minimum atomic E-state index is -5.14. The van der Waals surface area contributed by atoms with E-state index >= 15 is 0 Å². The molecular formula is C22H19ClF5N3O2. The first-order chi connectivity index (χ1) is 15.4. The number of aromatic hydroxyl groups is 1. The number of aromatic nitrogens is 2. The fraction of sp³-hybridized carbons (Fsp3) is 0.364. The van der Waals surface area contributed by atoms with Crippen molar-refractivity contribution >= 4 is 28.2 Å². The third kappa shape index (κ3) is 3.74. The number of nitrogens with zero attached hydrogens (tertiary/aromatic N) is 2. The lowest BCUT2D eigenvalue weighted by atomic mass is 9.69. The van der Waals surface area contributed by atoms with Gasteiger partial charge in [-0.3, -0.25) is 0 Å². The van der Waals surface area contributed by atoms with E-state index in [0.717, 1.165) is 18.2 Å². The molecule has 4 rings (SSSR count). The van der Waals surface area contributed by atoms with Crippen LogP contribution in [0.25, 0.3) is 10.9 Å². The lowest BCUT2D eigenvalue weighted by molar-refractivity contribution is -0.272. The molecule has 0 radical (unpaired) electrons. The molecule has 0 amide bonds. The normalized spacial score (nSPS) is 22.9. The summed E-state index contributed by atoms with van der Waals surface area (Å²) in [5, 5.41) is 23.6. The number of benzene rings is 2. The van der Waals surface area contributed by atoms with E-state index in [4.69, 9.17) is 11.6 Å². The maximum Gasteiger partial charge on any atom is 0.419 e. The maximum absolute atomic E-state index is 14.5.